The number of rotatable bonds is 1. The normalized spacial score (nSPS) is 12.8. The Balaban J connectivity index is 1.38. The van der Waals surface area contributed by atoms with Gasteiger partial charge in [0.1, 0.15) is 11.2 Å². The maximum absolute atomic E-state index is 6.45. The lowest BCUT2D eigenvalue weighted by Crippen LogP contribution is -2.05. The van der Waals surface area contributed by atoms with Gasteiger partial charge in [-0.05, 0) is 42.5 Å². The number of aromatic nitrogens is 3. The van der Waals surface area contributed by atoms with Crippen LogP contribution in [0.1, 0.15) is 0 Å². The fourth-order valence-corrected chi connectivity index (χ4v) is 7.75. The Morgan fingerprint density at radius 2 is 1.27 bits per heavy atom. The summed E-state index contributed by atoms with van der Waals surface area (Å²) in [6.45, 7) is 0. The molecule has 0 saturated heterocycles. The zero-order valence-electron chi connectivity index (χ0n) is 21.6. The highest BCUT2D eigenvalue weighted by atomic mass is 32.2. The van der Waals surface area contributed by atoms with Crippen molar-refractivity contribution in [2.24, 2.45) is 0 Å². The van der Waals surface area contributed by atoms with E-state index in [2.05, 4.69) is 108 Å². The van der Waals surface area contributed by atoms with Gasteiger partial charge < -0.3 is 4.42 Å². The van der Waals surface area contributed by atoms with Crippen LogP contribution in [0.2, 0.25) is 0 Å². The second-order valence-corrected chi connectivity index (χ2v) is 11.7. The van der Waals surface area contributed by atoms with E-state index in [4.69, 9.17) is 14.4 Å². The number of nitrogens with zero attached hydrogens (tertiary/aromatic N) is 3. The maximum Gasteiger partial charge on any atom is 0.235 e. The first-order chi connectivity index (χ1) is 20.3. The van der Waals surface area contributed by atoms with Gasteiger partial charge in [-0.2, -0.15) is 0 Å². The highest BCUT2D eigenvalue weighted by Gasteiger charge is 2.24. The largest absolute Gasteiger partial charge is 0.455 e. The van der Waals surface area contributed by atoms with E-state index in [1.165, 1.54) is 20.6 Å². The summed E-state index contributed by atoms with van der Waals surface area (Å²) in [4.78, 5) is 13.0. The number of para-hydroxylation sites is 2. The van der Waals surface area contributed by atoms with Crippen molar-refractivity contribution < 1.29 is 4.42 Å². The molecular formula is C36H19N3OS. The van der Waals surface area contributed by atoms with E-state index in [0.717, 1.165) is 65.9 Å². The Hall–Kier alpha value is -5.13. The van der Waals surface area contributed by atoms with Gasteiger partial charge in [0.2, 0.25) is 5.95 Å². The summed E-state index contributed by atoms with van der Waals surface area (Å²) >= 11 is 1.79. The molecule has 5 heteroatoms. The van der Waals surface area contributed by atoms with Crippen LogP contribution >= 0.6 is 11.8 Å². The van der Waals surface area contributed by atoms with Gasteiger partial charge in [-0.25, -0.2) is 9.97 Å². The van der Waals surface area contributed by atoms with Gasteiger partial charge in [0.25, 0.3) is 0 Å². The molecule has 0 aliphatic carbocycles. The number of hydrogen-bond donors (Lipinski definition) is 0. The second-order valence-electron chi connectivity index (χ2n) is 10.6. The van der Waals surface area contributed by atoms with Crippen molar-refractivity contribution in [3.05, 3.63) is 115 Å². The van der Waals surface area contributed by atoms with E-state index in [-0.39, 0.29) is 0 Å². The lowest BCUT2D eigenvalue weighted by molar-refractivity contribution is 0.672. The van der Waals surface area contributed by atoms with E-state index in [1.807, 2.05) is 12.1 Å². The minimum Gasteiger partial charge on any atom is -0.455 e. The fourth-order valence-electron chi connectivity index (χ4n) is 6.64. The number of hydrogen-bond acceptors (Lipinski definition) is 4. The monoisotopic (exact) mass is 541 g/mol. The predicted molar refractivity (Wildman–Crippen MR) is 168 cm³/mol. The Morgan fingerprint density at radius 1 is 0.561 bits per heavy atom. The van der Waals surface area contributed by atoms with Gasteiger partial charge in [0.15, 0.2) is 0 Å². The zero-order chi connectivity index (χ0) is 26.7. The van der Waals surface area contributed by atoms with Crippen LogP contribution in [0.4, 0.5) is 0 Å². The van der Waals surface area contributed by atoms with E-state index < -0.39 is 0 Å². The average molecular weight is 542 g/mol. The van der Waals surface area contributed by atoms with Crippen molar-refractivity contribution in [3.63, 3.8) is 0 Å². The highest BCUT2D eigenvalue weighted by Crippen LogP contribution is 2.47. The summed E-state index contributed by atoms with van der Waals surface area (Å²) in [5, 5.41) is 7.93. The van der Waals surface area contributed by atoms with Crippen molar-refractivity contribution in [2.45, 2.75) is 9.79 Å². The van der Waals surface area contributed by atoms with Crippen LogP contribution in [0, 0.1) is 0 Å². The Bertz CT molecular complexity index is 2580. The predicted octanol–water partition coefficient (Wildman–Crippen LogP) is 9.91. The molecule has 0 unspecified atom stereocenters. The first-order valence-corrected chi connectivity index (χ1v) is 14.5. The molecule has 0 bridgehead atoms. The van der Waals surface area contributed by atoms with E-state index >= 15 is 0 Å². The molecule has 1 aliphatic heterocycles. The van der Waals surface area contributed by atoms with Crippen molar-refractivity contribution in [3.8, 4) is 17.2 Å². The Labute approximate surface area is 237 Å². The molecule has 6 aromatic carbocycles. The van der Waals surface area contributed by atoms with E-state index in [1.54, 1.807) is 11.8 Å². The summed E-state index contributed by atoms with van der Waals surface area (Å²) < 4.78 is 8.69. The average Bonchev–Trinajstić information content (AvgIpc) is 3.57. The van der Waals surface area contributed by atoms with Gasteiger partial charge >= 0.3 is 0 Å². The molecule has 4 nitrogen and oxygen atoms in total. The number of fused-ring (bicyclic) bond motifs is 11. The Morgan fingerprint density at radius 3 is 2.20 bits per heavy atom. The molecule has 0 radical (unpaired) electrons. The Kier molecular flexibility index (Phi) is 4.09. The van der Waals surface area contributed by atoms with Crippen molar-refractivity contribution in [2.75, 3.05) is 0 Å². The third kappa shape index (κ3) is 2.81. The first kappa shape index (κ1) is 21.7. The molecule has 190 valence electrons. The fraction of sp³-hybridized carbons (Fsp3) is 0. The molecule has 0 amide bonds. The zero-order valence-corrected chi connectivity index (χ0v) is 22.4. The smallest absolute Gasteiger partial charge is 0.235 e. The van der Waals surface area contributed by atoms with Crippen LogP contribution in [0.15, 0.2) is 129 Å². The maximum atomic E-state index is 6.45. The molecule has 0 N–H and O–H groups in total. The molecule has 0 spiro atoms. The summed E-state index contributed by atoms with van der Waals surface area (Å²) in [5.41, 5.74) is 7.08. The summed E-state index contributed by atoms with van der Waals surface area (Å²) in [6, 6.07) is 40.5. The summed E-state index contributed by atoms with van der Waals surface area (Å²) in [6.07, 6.45) is 0. The molecule has 1 aliphatic rings. The molecule has 10 rings (SSSR count). The van der Waals surface area contributed by atoms with Crippen molar-refractivity contribution >= 4 is 77.2 Å². The van der Waals surface area contributed by atoms with E-state index in [0.29, 0.717) is 5.95 Å². The number of benzene rings is 6. The van der Waals surface area contributed by atoms with Gasteiger partial charge in [-0.1, -0.05) is 84.6 Å². The number of furan rings is 1. The van der Waals surface area contributed by atoms with Crippen LogP contribution in [0.25, 0.3) is 82.6 Å². The first-order valence-electron chi connectivity index (χ1n) is 13.7. The van der Waals surface area contributed by atoms with Crippen molar-refractivity contribution in [1.29, 1.82) is 0 Å². The van der Waals surface area contributed by atoms with Gasteiger partial charge in [0.05, 0.1) is 22.2 Å². The molecule has 9 aromatic rings. The lowest BCUT2D eigenvalue weighted by Gasteiger charge is -2.20. The molecule has 0 atom stereocenters. The minimum absolute atomic E-state index is 0.676. The van der Waals surface area contributed by atoms with Crippen LogP contribution < -0.4 is 0 Å². The van der Waals surface area contributed by atoms with Gasteiger partial charge in [-0.3, -0.25) is 4.57 Å². The summed E-state index contributed by atoms with van der Waals surface area (Å²) in [5.74, 6) is 0.676. The molecular weight excluding hydrogens is 522 g/mol. The van der Waals surface area contributed by atoms with Crippen LogP contribution in [-0.2, 0) is 0 Å². The third-order valence-corrected chi connectivity index (χ3v) is 9.54. The highest BCUT2D eigenvalue weighted by molar-refractivity contribution is 7.99. The van der Waals surface area contributed by atoms with Gasteiger partial charge in [-0.15, -0.1) is 0 Å². The molecule has 41 heavy (non-hydrogen) atoms. The standard InChI is InChI=1S/C36H19N3OS/c1-4-12-28-20(8-1)22-16-19-25-23(17-18-24-21-9-2-5-13-29(21)40-35(24)25)34(22)39(28)36-37-27-11-7-15-31-32(27)33(38-36)26-10-3-6-14-30(26)41-31/h1-19H. The minimum atomic E-state index is 0.676. The topological polar surface area (TPSA) is 43.9 Å². The van der Waals surface area contributed by atoms with Crippen LogP contribution in [0.5, 0.6) is 0 Å². The molecule has 3 aromatic heterocycles. The molecule has 0 saturated carbocycles. The molecule has 0 fully saturated rings. The quantitative estimate of drug-likeness (QED) is 0.207. The van der Waals surface area contributed by atoms with Crippen molar-refractivity contribution in [1.82, 2.24) is 14.5 Å². The molecule has 4 heterocycles. The van der Waals surface area contributed by atoms with E-state index in [9.17, 15) is 0 Å². The second kappa shape index (κ2) is 7.74. The summed E-state index contributed by atoms with van der Waals surface area (Å²) in [7, 11) is 0. The van der Waals surface area contributed by atoms with Crippen LogP contribution in [-0.4, -0.2) is 14.5 Å². The van der Waals surface area contributed by atoms with Crippen LogP contribution in [0.3, 0.4) is 0 Å². The third-order valence-electron chi connectivity index (χ3n) is 8.41. The van der Waals surface area contributed by atoms with Gasteiger partial charge in [0, 0.05) is 53.1 Å². The lowest BCUT2D eigenvalue weighted by atomic mass is 10.0. The SMILES string of the molecule is c1ccc2c(c1)Sc1cccc3nc(-n4c5ccccc5c5ccc6c(ccc7c8ccccc8oc76)c54)nc-2c13.